The van der Waals surface area contributed by atoms with E-state index in [1.807, 2.05) is 6.92 Å². The molecule has 2 heterocycles. The highest BCUT2D eigenvalue weighted by atomic mass is 32.2. The summed E-state index contributed by atoms with van der Waals surface area (Å²) in [5, 5.41) is 4.32. The molecule has 32 heavy (non-hydrogen) atoms. The Morgan fingerprint density at radius 2 is 1.81 bits per heavy atom. The summed E-state index contributed by atoms with van der Waals surface area (Å²) in [6.45, 7) is 3.29. The third kappa shape index (κ3) is 4.37. The summed E-state index contributed by atoms with van der Waals surface area (Å²) in [5.41, 5.74) is 0.939. The summed E-state index contributed by atoms with van der Waals surface area (Å²) in [7, 11) is -2.51. The van der Waals surface area contributed by atoms with Gasteiger partial charge in [-0.3, -0.25) is 9.10 Å². The second kappa shape index (κ2) is 9.09. The largest absolute Gasteiger partial charge is 0.494 e. The lowest BCUT2D eigenvalue weighted by atomic mass is 10.2. The van der Waals surface area contributed by atoms with Crippen LogP contribution in [0.15, 0.2) is 58.8 Å². The van der Waals surface area contributed by atoms with E-state index in [4.69, 9.17) is 14.2 Å². The van der Waals surface area contributed by atoms with E-state index in [-0.39, 0.29) is 9.77 Å². The summed E-state index contributed by atoms with van der Waals surface area (Å²) < 4.78 is 44.1. The van der Waals surface area contributed by atoms with E-state index in [2.05, 4.69) is 5.32 Å². The van der Waals surface area contributed by atoms with Gasteiger partial charge in [-0.25, -0.2) is 8.42 Å². The number of amides is 1. The van der Waals surface area contributed by atoms with Crippen LogP contribution in [0.25, 0.3) is 0 Å². The van der Waals surface area contributed by atoms with Crippen molar-refractivity contribution in [3.05, 3.63) is 58.8 Å². The number of anilines is 2. The van der Waals surface area contributed by atoms with Gasteiger partial charge in [0.15, 0.2) is 11.5 Å². The van der Waals surface area contributed by atoms with Gasteiger partial charge in [0, 0.05) is 18.8 Å². The molecule has 1 aliphatic heterocycles. The van der Waals surface area contributed by atoms with Gasteiger partial charge in [-0.15, -0.1) is 11.3 Å². The summed E-state index contributed by atoms with van der Waals surface area (Å²) in [5.74, 6) is 1.27. The molecule has 3 aromatic rings. The summed E-state index contributed by atoms with van der Waals surface area (Å²) in [6.07, 6.45) is 0. The second-order valence-corrected chi connectivity index (χ2v) is 9.68. The highest BCUT2D eigenvalue weighted by molar-refractivity contribution is 7.93. The fraction of sp³-hybridized carbons (Fsp3) is 0.227. The summed E-state index contributed by atoms with van der Waals surface area (Å²) in [4.78, 5) is 12.9. The molecule has 10 heteroatoms. The van der Waals surface area contributed by atoms with Gasteiger partial charge in [0.05, 0.1) is 12.3 Å². The van der Waals surface area contributed by atoms with Crippen LogP contribution in [-0.4, -0.2) is 41.2 Å². The third-order valence-corrected chi connectivity index (χ3v) is 7.66. The molecule has 2 aromatic carbocycles. The smallest absolute Gasteiger partial charge is 0.267 e. The Bertz CT molecular complexity index is 1220. The minimum absolute atomic E-state index is 0.0612. The maximum Gasteiger partial charge on any atom is 0.267 e. The number of nitrogens with one attached hydrogen (secondary N) is 1. The normalized spacial score (nSPS) is 12.8. The highest BCUT2D eigenvalue weighted by Crippen LogP contribution is 2.34. The molecule has 1 aliphatic rings. The molecule has 0 saturated heterocycles. The van der Waals surface area contributed by atoms with Crippen LogP contribution in [-0.2, 0) is 10.0 Å². The van der Waals surface area contributed by atoms with Crippen molar-refractivity contribution in [2.75, 3.05) is 36.5 Å². The van der Waals surface area contributed by atoms with E-state index in [1.54, 1.807) is 47.8 Å². The number of fused-ring (bicyclic) bond motifs is 1. The molecular formula is C22H22N2O6S2. The average Bonchev–Trinajstić information content (AvgIpc) is 3.30. The molecule has 1 aromatic heterocycles. The minimum Gasteiger partial charge on any atom is -0.494 e. The molecule has 0 radical (unpaired) electrons. The van der Waals surface area contributed by atoms with E-state index >= 15 is 0 Å². The number of benzene rings is 2. The number of hydrogen-bond acceptors (Lipinski definition) is 7. The first kappa shape index (κ1) is 22.0. The second-order valence-electron chi connectivity index (χ2n) is 6.83. The summed E-state index contributed by atoms with van der Waals surface area (Å²) in [6, 6.07) is 13.2. The van der Waals surface area contributed by atoms with Crippen LogP contribution in [0.5, 0.6) is 17.2 Å². The van der Waals surface area contributed by atoms with E-state index in [1.165, 1.54) is 13.1 Å². The Hall–Kier alpha value is -3.24. The molecule has 168 valence electrons. The molecule has 0 atom stereocenters. The van der Waals surface area contributed by atoms with Gasteiger partial charge in [-0.2, -0.15) is 0 Å². The van der Waals surface area contributed by atoms with Crippen molar-refractivity contribution < 1.29 is 27.4 Å². The number of ether oxygens (including phenoxy) is 3. The van der Waals surface area contributed by atoms with E-state index in [0.29, 0.717) is 48.4 Å². The lowest BCUT2D eigenvalue weighted by molar-refractivity contribution is 0.102. The number of thiophene rings is 1. The van der Waals surface area contributed by atoms with Crippen LogP contribution in [0.4, 0.5) is 11.4 Å². The molecule has 0 bridgehead atoms. The van der Waals surface area contributed by atoms with E-state index in [9.17, 15) is 13.2 Å². The van der Waals surface area contributed by atoms with E-state index < -0.39 is 15.9 Å². The first-order chi connectivity index (χ1) is 15.4. The maximum atomic E-state index is 13.3. The number of rotatable bonds is 7. The van der Waals surface area contributed by atoms with Gasteiger partial charge in [-0.05, 0) is 54.8 Å². The lowest BCUT2D eigenvalue weighted by Gasteiger charge is -2.20. The molecule has 1 N–H and O–H groups in total. The lowest BCUT2D eigenvalue weighted by Crippen LogP contribution is -2.28. The number of nitrogens with zero attached hydrogens (tertiary/aromatic N) is 1. The summed E-state index contributed by atoms with van der Waals surface area (Å²) >= 11 is 1.06. The van der Waals surface area contributed by atoms with Crippen LogP contribution in [0, 0.1) is 0 Å². The first-order valence-electron chi connectivity index (χ1n) is 9.90. The van der Waals surface area contributed by atoms with Crippen molar-refractivity contribution in [1.82, 2.24) is 0 Å². The van der Waals surface area contributed by atoms with Crippen molar-refractivity contribution >= 4 is 38.6 Å². The van der Waals surface area contributed by atoms with Gasteiger partial charge < -0.3 is 19.5 Å². The topological polar surface area (TPSA) is 94.2 Å². The quantitative estimate of drug-likeness (QED) is 0.556. The molecule has 0 spiro atoms. The Morgan fingerprint density at radius 1 is 1.09 bits per heavy atom. The third-order valence-electron chi connectivity index (χ3n) is 4.79. The molecule has 0 saturated carbocycles. The fourth-order valence-electron chi connectivity index (χ4n) is 3.18. The van der Waals surface area contributed by atoms with Crippen molar-refractivity contribution in [2.45, 2.75) is 11.8 Å². The van der Waals surface area contributed by atoms with Gasteiger partial charge in [0.1, 0.15) is 28.7 Å². The van der Waals surface area contributed by atoms with E-state index in [0.717, 1.165) is 15.6 Å². The Labute approximate surface area is 190 Å². The Morgan fingerprint density at radius 3 is 2.53 bits per heavy atom. The zero-order valence-corrected chi connectivity index (χ0v) is 19.2. The Kier molecular flexibility index (Phi) is 6.24. The van der Waals surface area contributed by atoms with Crippen molar-refractivity contribution in [3.8, 4) is 17.2 Å². The number of carbonyl (C=O) groups excluding carboxylic acids is 1. The van der Waals surface area contributed by atoms with Gasteiger partial charge in [0.2, 0.25) is 0 Å². The number of hydrogen-bond donors (Lipinski definition) is 1. The predicted molar refractivity (Wildman–Crippen MR) is 123 cm³/mol. The van der Waals surface area contributed by atoms with Crippen molar-refractivity contribution in [3.63, 3.8) is 0 Å². The number of carbonyl (C=O) groups is 1. The Balaban J connectivity index is 1.56. The molecule has 8 nitrogen and oxygen atoms in total. The van der Waals surface area contributed by atoms with Crippen LogP contribution in [0.3, 0.4) is 0 Å². The molecule has 0 fully saturated rings. The highest BCUT2D eigenvalue weighted by Gasteiger charge is 2.28. The van der Waals surface area contributed by atoms with Crippen LogP contribution >= 0.6 is 11.3 Å². The van der Waals surface area contributed by atoms with Gasteiger partial charge in [-0.1, -0.05) is 0 Å². The average molecular weight is 475 g/mol. The predicted octanol–water partition coefficient (Wildman–Crippen LogP) is 4.00. The maximum absolute atomic E-state index is 13.3. The monoisotopic (exact) mass is 474 g/mol. The molecule has 0 unspecified atom stereocenters. The zero-order valence-electron chi connectivity index (χ0n) is 17.5. The molecule has 4 rings (SSSR count). The first-order valence-corrected chi connectivity index (χ1v) is 12.2. The fourth-order valence-corrected chi connectivity index (χ4v) is 5.67. The van der Waals surface area contributed by atoms with Gasteiger partial charge >= 0.3 is 0 Å². The van der Waals surface area contributed by atoms with Crippen molar-refractivity contribution in [2.24, 2.45) is 0 Å². The van der Waals surface area contributed by atoms with Crippen molar-refractivity contribution in [1.29, 1.82) is 0 Å². The SMILES string of the molecule is CCOc1ccc(N(C)S(=O)(=O)c2ccsc2C(=O)Nc2ccc3c(c2)OCCO3)cc1. The van der Waals surface area contributed by atoms with Gasteiger partial charge in [0.25, 0.3) is 15.9 Å². The molecular weight excluding hydrogens is 452 g/mol. The van der Waals surface area contributed by atoms with Crippen LogP contribution in [0.2, 0.25) is 0 Å². The van der Waals surface area contributed by atoms with Crippen LogP contribution < -0.4 is 23.8 Å². The molecule has 0 aliphatic carbocycles. The number of sulfonamides is 1. The standard InChI is InChI=1S/C22H22N2O6S2/c1-3-28-17-7-5-16(6-8-17)24(2)32(26,27)20-10-13-31-21(20)22(25)23-15-4-9-18-19(14-15)30-12-11-29-18/h4-10,13-14H,3,11-12H2,1-2H3,(H,23,25). The zero-order chi connectivity index (χ0) is 22.7. The minimum atomic E-state index is -3.96. The van der Waals surface area contributed by atoms with Crippen LogP contribution in [0.1, 0.15) is 16.6 Å². The molecule has 1 amide bonds.